The first kappa shape index (κ1) is 23.2. The van der Waals surface area contributed by atoms with Crippen molar-refractivity contribution in [1.29, 1.82) is 0 Å². The number of hydrogen-bond donors (Lipinski definition) is 1. The molecule has 1 amide bonds. The summed E-state index contributed by atoms with van der Waals surface area (Å²) in [6, 6.07) is 12.4. The monoisotopic (exact) mass is 494 g/mol. The van der Waals surface area contributed by atoms with Crippen molar-refractivity contribution in [1.82, 2.24) is 14.7 Å². The number of ether oxygens (including phenoxy) is 1. The van der Waals surface area contributed by atoms with Crippen LogP contribution in [0.3, 0.4) is 0 Å². The minimum Gasteiger partial charge on any atom is -0.497 e. The number of nitrogens with one attached hydrogen (secondary N) is 1. The van der Waals surface area contributed by atoms with Gasteiger partial charge in [0.15, 0.2) is 12.4 Å². The third-order valence-electron chi connectivity index (χ3n) is 5.28. The van der Waals surface area contributed by atoms with Gasteiger partial charge in [0.05, 0.1) is 12.0 Å². The lowest BCUT2D eigenvalue weighted by atomic mass is 10.2. The van der Waals surface area contributed by atoms with Crippen molar-refractivity contribution in [2.45, 2.75) is 9.79 Å². The Kier molecular flexibility index (Phi) is 6.38. The molecule has 0 saturated carbocycles. The molecule has 2 aromatic carbocycles. The molecule has 176 valence electrons. The van der Waals surface area contributed by atoms with Crippen LogP contribution in [0.1, 0.15) is 5.56 Å². The largest absolute Gasteiger partial charge is 0.497 e. The molecule has 0 bridgehead atoms. The number of sulfonamides is 2. The fraction of sp³-hybridized carbons (Fsp3) is 0.300. The van der Waals surface area contributed by atoms with Crippen LogP contribution in [0.25, 0.3) is 0 Å². The Labute approximate surface area is 191 Å². The Morgan fingerprint density at radius 3 is 2.39 bits per heavy atom. The molecule has 1 N–H and O–H groups in total. The van der Waals surface area contributed by atoms with E-state index in [1.165, 1.54) is 34.5 Å². The number of carbonyl (C=O) groups excluding carboxylic acids is 1. The number of amidine groups is 1. The summed E-state index contributed by atoms with van der Waals surface area (Å²) in [5.74, 6) is 0.204. The molecular formula is C20H22N4O7S2. The topological polar surface area (TPSA) is 135 Å². The summed E-state index contributed by atoms with van der Waals surface area (Å²) in [6.07, 6.45) is 0. The van der Waals surface area contributed by atoms with Crippen LogP contribution in [-0.4, -0.2) is 77.7 Å². The molecule has 0 atom stereocenters. The van der Waals surface area contributed by atoms with E-state index in [4.69, 9.17) is 9.57 Å². The predicted octanol–water partition coefficient (Wildman–Crippen LogP) is 0.198. The van der Waals surface area contributed by atoms with Gasteiger partial charge >= 0.3 is 0 Å². The number of piperazine rings is 1. The smallest absolute Gasteiger partial charge is 0.285 e. The Bertz CT molecular complexity index is 1280. The average Bonchev–Trinajstić information content (AvgIpc) is 3.09. The van der Waals surface area contributed by atoms with Crippen LogP contribution in [0.2, 0.25) is 0 Å². The van der Waals surface area contributed by atoms with Crippen LogP contribution in [0.5, 0.6) is 5.75 Å². The van der Waals surface area contributed by atoms with E-state index in [9.17, 15) is 21.6 Å². The molecule has 2 aliphatic rings. The zero-order chi connectivity index (χ0) is 23.6. The Morgan fingerprint density at radius 2 is 1.73 bits per heavy atom. The van der Waals surface area contributed by atoms with Gasteiger partial charge < -0.3 is 9.64 Å². The van der Waals surface area contributed by atoms with Gasteiger partial charge in [-0.2, -0.15) is 12.7 Å². The van der Waals surface area contributed by atoms with Crippen LogP contribution >= 0.6 is 0 Å². The van der Waals surface area contributed by atoms with Crippen LogP contribution in [0, 0.1) is 0 Å². The third kappa shape index (κ3) is 4.71. The average molecular weight is 495 g/mol. The predicted molar refractivity (Wildman–Crippen MR) is 118 cm³/mol. The van der Waals surface area contributed by atoms with Gasteiger partial charge in [0.2, 0.25) is 10.0 Å². The number of carbonyl (C=O) groups is 1. The Hall–Kier alpha value is -3.00. The molecule has 2 heterocycles. The molecule has 0 radical (unpaired) electrons. The maximum absolute atomic E-state index is 12.8. The standard InChI is InChI=1S/C20H22N4O7S2/c1-30-15-6-8-16(9-7-15)33(28,29)24-12-10-23(11-13-24)19(25)14-31-21-20-17-4-2-3-5-18(17)32(26,27)22-20/h2-9H,10-14H2,1H3,(H,21,22). The zero-order valence-corrected chi connectivity index (χ0v) is 19.3. The molecule has 33 heavy (non-hydrogen) atoms. The minimum atomic E-state index is -3.79. The van der Waals surface area contributed by atoms with E-state index in [1.54, 1.807) is 30.3 Å². The third-order valence-corrected chi connectivity index (χ3v) is 8.53. The summed E-state index contributed by atoms with van der Waals surface area (Å²) < 4.78 is 59.7. The fourth-order valence-corrected chi connectivity index (χ4v) is 6.10. The lowest BCUT2D eigenvalue weighted by Crippen LogP contribution is -2.51. The first-order valence-corrected chi connectivity index (χ1v) is 12.8. The number of nitrogens with zero attached hydrogens (tertiary/aromatic N) is 3. The number of benzene rings is 2. The van der Waals surface area contributed by atoms with Crippen molar-refractivity contribution >= 4 is 31.8 Å². The van der Waals surface area contributed by atoms with Gasteiger partial charge in [0, 0.05) is 31.7 Å². The van der Waals surface area contributed by atoms with E-state index in [2.05, 4.69) is 9.88 Å². The van der Waals surface area contributed by atoms with Crippen LogP contribution in [-0.2, 0) is 29.7 Å². The van der Waals surface area contributed by atoms with Gasteiger partial charge in [-0.05, 0) is 36.4 Å². The van der Waals surface area contributed by atoms with Crippen LogP contribution < -0.4 is 10.2 Å². The number of methoxy groups -OCH3 is 1. The first-order chi connectivity index (χ1) is 15.7. The highest BCUT2D eigenvalue weighted by atomic mass is 32.2. The lowest BCUT2D eigenvalue weighted by molar-refractivity contribution is -0.138. The van der Waals surface area contributed by atoms with Crippen molar-refractivity contribution in [3.05, 3.63) is 54.1 Å². The molecule has 0 unspecified atom stereocenters. The summed E-state index contributed by atoms with van der Waals surface area (Å²) in [6.45, 7) is 0.329. The summed E-state index contributed by atoms with van der Waals surface area (Å²) in [5, 5.41) is 0. The highest BCUT2D eigenvalue weighted by Gasteiger charge is 2.31. The zero-order valence-electron chi connectivity index (χ0n) is 17.7. The van der Waals surface area contributed by atoms with Gasteiger partial charge in [-0.15, -0.1) is 4.40 Å². The SMILES string of the molecule is COc1ccc(S(=O)(=O)N2CCN(C(=O)CONC3=NS(=O)(=O)c4ccccc43)CC2)cc1. The van der Waals surface area contributed by atoms with Crippen molar-refractivity contribution < 1.29 is 31.2 Å². The Morgan fingerprint density at radius 1 is 1.06 bits per heavy atom. The maximum atomic E-state index is 12.8. The van der Waals surface area contributed by atoms with Gasteiger partial charge in [-0.1, -0.05) is 12.1 Å². The second-order valence-corrected chi connectivity index (χ2v) is 10.8. The fourth-order valence-electron chi connectivity index (χ4n) is 3.51. The summed E-state index contributed by atoms with van der Waals surface area (Å²) in [4.78, 5) is 19.4. The van der Waals surface area contributed by atoms with E-state index in [0.717, 1.165) is 0 Å². The second kappa shape index (κ2) is 9.09. The number of amides is 1. The second-order valence-electron chi connectivity index (χ2n) is 7.26. The Balaban J connectivity index is 1.29. The van der Waals surface area contributed by atoms with E-state index in [0.29, 0.717) is 11.3 Å². The first-order valence-electron chi connectivity index (χ1n) is 9.96. The van der Waals surface area contributed by atoms with E-state index in [-0.39, 0.29) is 54.3 Å². The molecule has 0 aliphatic carbocycles. The van der Waals surface area contributed by atoms with Crippen molar-refractivity contribution in [3.8, 4) is 5.75 Å². The van der Waals surface area contributed by atoms with Crippen molar-refractivity contribution in [2.24, 2.45) is 4.40 Å². The van der Waals surface area contributed by atoms with Crippen LogP contribution in [0.4, 0.5) is 0 Å². The number of fused-ring (bicyclic) bond motifs is 1. The van der Waals surface area contributed by atoms with Gasteiger partial charge in [0.25, 0.3) is 15.9 Å². The molecule has 2 aliphatic heterocycles. The van der Waals surface area contributed by atoms with Crippen molar-refractivity contribution in [2.75, 3.05) is 39.9 Å². The number of hydroxylamine groups is 1. The van der Waals surface area contributed by atoms with E-state index >= 15 is 0 Å². The molecule has 11 nitrogen and oxygen atoms in total. The lowest BCUT2D eigenvalue weighted by Gasteiger charge is -2.33. The maximum Gasteiger partial charge on any atom is 0.285 e. The van der Waals surface area contributed by atoms with E-state index < -0.39 is 20.0 Å². The normalized spacial score (nSPS) is 17.8. The molecule has 1 fully saturated rings. The van der Waals surface area contributed by atoms with Crippen LogP contribution in [0.15, 0.2) is 62.7 Å². The van der Waals surface area contributed by atoms with E-state index in [1.807, 2.05) is 0 Å². The highest BCUT2D eigenvalue weighted by Crippen LogP contribution is 2.25. The van der Waals surface area contributed by atoms with Gasteiger partial charge in [-0.3, -0.25) is 9.63 Å². The van der Waals surface area contributed by atoms with Crippen molar-refractivity contribution in [3.63, 3.8) is 0 Å². The molecule has 0 aromatic heterocycles. The molecule has 2 aromatic rings. The molecule has 0 spiro atoms. The quantitative estimate of drug-likeness (QED) is 0.563. The highest BCUT2D eigenvalue weighted by molar-refractivity contribution is 7.90. The minimum absolute atomic E-state index is 0.00815. The number of hydrogen-bond acceptors (Lipinski definition) is 8. The van der Waals surface area contributed by atoms with Gasteiger partial charge in [0.1, 0.15) is 10.6 Å². The summed E-state index contributed by atoms with van der Waals surface area (Å²) in [7, 11) is -5.97. The summed E-state index contributed by atoms with van der Waals surface area (Å²) in [5.41, 5.74) is 2.80. The molecule has 1 saturated heterocycles. The molecular weight excluding hydrogens is 472 g/mol. The molecule has 13 heteroatoms. The molecule has 4 rings (SSSR count). The van der Waals surface area contributed by atoms with Gasteiger partial charge in [-0.25, -0.2) is 13.9 Å². The summed E-state index contributed by atoms with van der Waals surface area (Å²) >= 11 is 0. The number of rotatable bonds is 6.